The lowest BCUT2D eigenvalue weighted by atomic mass is 10.00. The van der Waals surface area contributed by atoms with Gasteiger partial charge in [-0.3, -0.25) is 0 Å². The maximum atomic E-state index is 13.5. The summed E-state index contributed by atoms with van der Waals surface area (Å²) < 4.78 is 32.1. The molecular weight excluding hydrogens is 546 g/mol. The lowest BCUT2D eigenvalue weighted by molar-refractivity contribution is 0.0536. The van der Waals surface area contributed by atoms with Crippen molar-refractivity contribution in [3.8, 4) is 22.9 Å². The Morgan fingerprint density at radius 1 is 1.21 bits per heavy atom. The summed E-state index contributed by atoms with van der Waals surface area (Å²) in [6, 6.07) is 12.2. The van der Waals surface area contributed by atoms with E-state index in [1.165, 1.54) is 29.2 Å². The lowest BCUT2D eigenvalue weighted by Crippen LogP contribution is -2.21. The van der Waals surface area contributed by atoms with Crippen molar-refractivity contribution in [2.24, 2.45) is 0 Å². The summed E-state index contributed by atoms with van der Waals surface area (Å²) in [5, 5.41) is 33.9. The fourth-order valence-electron chi connectivity index (χ4n) is 3.41. The van der Waals surface area contributed by atoms with Gasteiger partial charge in [0.25, 0.3) is 0 Å². The Morgan fingerprint density at radius 3 is 2.64 bits per heavy atom. The second-order valence-corrected chi connectivity index (χ2v) is 9.80. The number of nitrogens with two attached hydrogens (primary N) is 1. The molecule has 0 fully saturated rings. The third-order valence-electron chi connectivity index (χ3n) is 5.26. The molecule has 2 heterocycles. The van der Waals surface area contributed by atoms with E-state index in [0.717, 1.165) is 12.1 Å². The van der Waals surface area contributed by atoms with E-state index in [0.29, 0.717) is 44.2 Å². The average molecular weight is 567 g/mol. The number of ether oxygens (including phenoxy) is 1. The number of halogens is 2. The van der Waals surface area contributed by atoms with Gasteiger partial charge in [0, 0.05) is 28.5 Å². The number of hydrogen-bond acceptors (Lipinski definition) is 10. The number of thiazole rings is 1. The van der Waals surface area contributed by atoms with Gasteiger partial charge in [0.15, 0.2) is 16.8 Å². The topological polar surface area (TPSA) is 142 Å². The van der Waals surface area contributed by atoms with Crippen LogP contribution in [0.25, 0.3) is 16.0 Å². The van der Waals surface area contributed by atoms with Gasteiger partial charge in [-0.1, -0.05) is 23.9 Å². The molecule has 0 spiro atoms. The first-order valence-electron chi connectivity index (χ1n) is 11.2. The van der Waals surface area contributed by atoms with Gasteiger partial charge in [-0.2, -0.15) is 5.26 Å². The zero-order valence-electron chi connectivity index (χ0n) is 20.1. The van der Waals surface area contributed by atoms with Gasteiger partial charge in [-0.15, -0.1) is 11.3 Å². The molecule has 39 heavy (non-hydrogen) atoms. The molecule has 0 aliphatic heterocycles. The van der Waals surface area contributed by atoms with Crippen molar-refractivity contribution in [1.82, 2.24) is 9.97 Å². The first-order chi connectivity index (χ1) is 18.8. The van der Waals surface area contributed by atoms with Crippen LogP contribution in [0.4, 0.5) is 31.1 Å². The van der Waals surface area contributed by atoms with Crippen LogP contribution in [-0.2, 0) is 5.75 Å². The van der Waals surface area contributed by atoms with E-state index in [2.05, 4.69) is 26.2 Å². The van der Waals surface area contributed by atoms with Crippen LogP contribution in [0.1, 0.15) is 11.3 Å². The van der Waals surface area contributed by atoms with Crippen molar-refractivity contribution in [1.29, 1.82) is 5.26 Å². The van der Waals surface area contributed by atoms with E-state index in [4.69, 9.17) is 22.1 Å². The molecule has 0 radical (unpaired) electrons. The Labute approximate surface area is 230 Å². The molecule has 0 unspecified atom stereocenters. The molecule has 1 atom stereocenters. The predicted molar refractivity (Wildman–Crippen MR) is 145 cm³/mol. The maximum Gasteiger partial charge on any atom is 0.236 e. The highest BCUT2D eigenvalue weighted by Gasteiger charge is 2.21. The van der Waals surface area contributed by atoms with Gasteiger partial charge in [0.2, 0.25) is 5.69 Å². The third-order valence-corrected chi connectivity index (χ3v) is 7.08. The van der Waals surface area contributed by atoms with Gasteiger partial charge in [0.1, 0.15) is 35.4 Å². The molecular formula is C26H20F2N6O3S2. The second kappa shape index (κ2) is 12.5. The van der Waals surface area contributed by atoms with Crippen molar-refractivity contribution >= 4 is 45.4 Å². The normalized spacial score (nSPS) is 11.4. The van der Waals surface area contributed by atoms with Gasteiger partial charge in [-0.25, -0.2) is 23.6 Å². The fraction of sp³-hybridized carbons (Fsp3) is 0.154. The molecule has 9 nitrogen and oxygen atoms in total. The van der Waals surface area contributed by atoms with E-state index in [1.807, 2.05) is 0 Å². The van der Waals surface area contributed by atoms with Crippen molar-refractivity contribution in [2.45, 2.75) is 16.9 Å². The molecule has 0 aliphatic rings. The standard InChI is InChI=1S/C26H20F2N6O3S2/c1-31-23-22(14-2-5-18(6-3-14)37-11-17(36)10-35)19(9-29)25(34-24(23)30)38-12-16-13-39-26(33-16)32-15-4-7-20(27)21(28)8-15/h2-8,13,17,35-36H,10-12H2,(H2,30,34)(H,32,33)/t17-/m0/s1. The Kier molecular flexibility index (Phi) is 8.91. The van der Waals surface area contributed by atoms with Gasteiger partial charge >= 0.3 is 0 Å². The summed E-state index contributed by atoms with van der Waals surface area (Å²) in [7, 11) is 0. The smallest absolute Gasteiger partial charge is 0.236 e. The highest BCUT2D eigenvalue weighted by atomic mass is 32.2. The van der Waals surface area contributed by atoms with Gasteiger partial charge in [0.05, 0.1) is 24.4 Å². The monoisotopic (exact) mass is 566 g/mol. The number of rotatable bonds is 10. The number of benzene rings is 2. The van der Waals surface area contributed by atoms with Crippen LogP contribution in [0.2, 0.25) is 0 Å². The SMILES string of the molecule is [C-]#[N+]c1c(N)nc(SCc2csc(Nc3ccc(F)c(F)c3)n2)c(C#N)c1-c1ccc(OC[C@@H](O)CO)cc1. The number of thioether (sulfide) groups is 1. The molecule has 0 aliphatic carbocycles. The molecule has 0 saturated heterocycles. The largest absolute Gasteiger partial charge is 0.491 e. The molecule has 2 aromatic carbocycles. The first-order valence-corrected chi connectivity index (χ1v) is 13.1. The average Bonchev–Trinajstić information content (AvgIpc) is 3.39. The summed E-state index contributed by atoms with van der Waals surface area (Å²) in [5.74, 6) is -1.17. The van der Waals surface area contributed by atoms with Gasteiger partial charge in [-0.05, 0) is 29.8 Å². The molecule has 13 heteroatoms. The van der Waals surface area contributed by atoms with Crippen LogP contribution in [0.5, 0.6) is 5.75 Å². The molecule has 0 saturated carbocycles. The number of anilines is 3. The lowest BCUT2D eigenvalue weighted by Gasteiger charge is -2.14. The van der Waals surface area contributed by atoms with Crippen molar-refractivity contribution in [3.05, 3.63) is 82.2 Å². The molecule has 0 bridgehead atoms. The fourth-order valence-corrected chi connectivity index (χ4v) is 5.13. The molecule has 2 aromatic heterocycles. The van der Waals surface area contributed by atoms with Crippen LogP contribution in [0, 0.1) is 29.5 Å². The zero-order chi connectivity index (χ0) is 27.9. The number of nitriles is 1. The number of hydrogen-bond donors (Lipinski definition) is 4. The van der Waals surface area contributed by atoms with Crippen LogP contribution in [0.15, 0.2) is 52.9 Å². The Balaban J connectivity index is 1.55. The summed E-state index contributed by atoms with van der Waals surface area (Å²) in [4.78, 5) is 12.2. The Morgan fingerprint density at radius 2 is 1.97 bits per heavy atom. The highest BCUT2D eigenvalue weighted by molar-refractivity contribution is 7.98. The van der Waals surface area contributed by atoms with Crippen molar-refractivity contribution in [2.75, 3.05) is 24.3 Å². The summed E-state index contributed by atoms with van der Waals surface area (Å²) >= 11 is 2.50. The molecule has 198 valence electrons. The third kappa shape index (κ3) is 6.60. The minimum atomic E-state index is -1.02. The van der Waals surface area contributed by atoms with Crippen molar-refractivity contribution in [3.63, 3.8) is 0 Å². The van der Waals surface area contributed by atoms with Crippen LogP contribution >= 0.6 is 23.1 Å². The molecule has 4 rings (SSSR count). The predicted octanol–water partition coefficient (Wildman–Crippen LogP) is 5.26. The second-order valence-electron chi connectivity index (χ2n) is 7.98. The maximum absolute atomic E-state index is 13.5. The Bertz CT molecular complexity index is 1570. The molecule has 4 aromatic rings. The number of nitrogen functional groups attached to an aromatic ring is 1. The van der Waals surface area contributed by atoms with E-state index in [1.54, 1.807) is 29.6 Å². The van der Waals surface area contributed by atoms with E-state index in [-0.39, 0.29) is 23.7 Å². The van der Waals surface area contributed by atoms with Gasteiger partial charge < -0.3 is 26.0 Å². The number of aliphatic hydroxyl groups excluding tert-OH is 2. The number of aromatic nitrogens is 2. The van der Waals surface area contributed by atoms with E-state index >= 15 is 0 Å². The number of nitrogens with zero attached hydrogens (tertiary/aromatic N) is 4. The van der Waals surface area contributed by atoms with Crippen molar-refractivity contribution < 1.29 is 23.7 Å². The van der Waals surface area contributed by atoms with E-state index < -0.39 is 24.3 Å². The van der Waals surface area contributed by atoms with Crippen LogP contribution in [0.3, 0.4) is 0 Å². The molecule has 0 amide bonds. The minimum Gasteiger partial charge on any atom is -0.491 e. The molecule has 5 N–H and O–H groups in total. The summed E-state index contributed by atoms with van der Waals surface area (Å²) in [6.45, 7) is 7.08. The summed E-state index contributed by atoms with van der Waals surface area (Å²) in [6.07, 6.45) is -1.02. The number of nitrogens with one attached hydrogen (secondary N) is 1. The minimum absolute atomic E-state index is 0.0214. The number of pyridine rings is 1. The quantitative estimate of drug-likeness (QED) is 0.149. The number of aliphatic hydroxyl groups is 2. The Hall–Kier alpha value is -4.27. The van der Waals surface area contributed by atoms with Crippen LogP contribution < -0.4 is 15.8 Å². The van der Waals surface area contributed by atoms with E-state index in [9.17, 15) is 19.1 Å². The zero-order valence-corrected chi connectivity index (χ0v) is 21.7. The first kappa shape index (κ1) is 27.8. The highest BCUT2D eigenvalue weighted by Crippen LogP contribution is 2.42. The van der Waals surface area contributed by atoms with Crippen LogP contribution in [-0.4, -0.2) is 39.5 Å². The summed E-state index contributed by atoms with van der Waals surface area (Å²) in [5.41, 5.74) is 8.22.